The van der Waals surface area contributed by atoms with Crippen molar-refractivity contribution in [2.45, 2.75) is 19.9 Å². The molecule has 5 heteroatoms. The lowest BCUT2D eigenvalue weighted by Crippen LogP contribution is -2.22. The fourth-order valence-corrected chi connectivity index (χ4v) is 3.54. The van der Waals surface area contributed by atoms with Gasteiger partial charge in [-0.15, -0.1) is 0 Å². The van der Waals surface area contributed by atoms with Gasteiger partial charge in [0, 0.05) is 41.0 Å². The number of fused-ring (bicyclic) bond motifs is 1. The number of H-pyrrole nitrogens is 1. The maximum atomic E-state index is 6.47. The Kier molecular flexibility index (Phi) is 3.75. The van der Waals surface area contributed by atoms with Crippen LogP contribution in [0.15, 0.2) is 24.4 Å². The highest BCUT2D eigenvalue weighted by Crippen LogP contribution is 2.37. The van der Waals surface area contributed by atoms with Crippen molar-refractivity contribution in [3.05, 3.63) is 51.9 Å². The van der Waals surface area contributed by atoms with Crippen LogP contribution in [0.25, 0.3) is 10.9 Å². The van der Waals surface area contributed by atoms with Crippen molar-refractivity contribution in [1.82, 2.24) is 19.7 Å². The summed E-state index contributed by atoms with van der Waals surface area (Å²) < 4.78 is 1.94. The molecular formula is C17H21ClN4. The fourth-order valence-electron chi connectivity index (χ4n) is 3.26. The van der Waals surface area contributed by atoms with Crippen molar-refractivity contribution in [2.75, 3.05) is 14.1 Å². The predicted molar refractivity (Wildman–Crippen MR) is 91.5 cm³/mol. The van der Waals surface area contributed by atoms with Gasteiger partial charge in [-0.05, 0) is 40.1 Å². The molecule has 1 N–H and O–H groups in total. The summed E-state index contributed by atoms with van der Waals surface area (Å²) in [5, 5.41) is 6.44. The molecule has 3 aromatic rings. The Bertz CT molecular complexity index is 829. The minimum Gasteiger partial charge on any atom is -0.361 e. The normalized spacial score (nSPS) is 13.2. The van der Waals surface area contributed by atoms with Gasteiger partial charge in [0.05, 0.1) is 16.8 Å². The van der Waals surface area contributed by atoms with Gasteiger partial charge in [0.25, 0.3) is 0 Å². The van der Waals surface area contributed by atoms with Crippen LogP contribution < -0.4 is 0 Å². The van der Waals surface area contributed by atoms with Gasteiger partial charge in [-0.1, -0.05) is 17.7 Å². The fraction of sp³-hybridized carbons (Fsp3) is 0.353. The quantitative estimate of drug-likeness (QED) is 0.797. The molecule has 1 aromatic carbocycles. The summed E-state index contributed by atoms with van der Waals surface area (Å²) in [6, 6.07) is 6.08. The van der Waals surface area contributed by atoms with E-state index in [1.807, 2.05) is 23.9 Å². The molecule has 0 aliphatic carbocycles. The zero-order chi connectivity index (χ0) is 16.0. The van der Waals surface area contributed by atoms with Gasteiger partial charge in [0.15, 0.2) is 0 Å². The van der Waals surface area contributed by atoms with Gasteiger partial charge in [0.1, 0.15) is 0 Å². The van der Waals surface area contributed by atoms with Crippen LogP contribution in [-0.2, 0) is 7.05 Å². The number of aromatic nitrogens is 3. The highest BCUT2D eigenvalue weighted by molar-refractivity contribution is 6.35. The van der Waals surface area contributed by atoms with E-state index in [0.29, 0.717) is 0 Å². The molecule has 0 saturated carbocycles. The summed E-state index contributed by atoms with van der Waals surface area (Å²) in [4.78, 5) is 5.55. The zero-order valence-corrected chi connectivity index (χ0v) is 14.4. The van der Waals surface area contributed by atoms with E-state index in [9.17, 15) is 0 Å². The number of nitrogens with one attached hydrogen (secondary N) is 1. The first kappa shape index (κ1) is 15.1. The Hall–Kier alpha value is -1.78. The summed E-state index contributed by atoms with van der Waals surface area (Å²) in [6.07, 6.45) is 2.06. The molecule has 0 aliphatic heterocycles. The average molecular weight is 317 g/mol. The maximum Gasteiger partial charge on any atom is 0.0655 e. The van der Waals surface area contributed by atoms with Crippen LogP contribution >= 0.6 is 11.6 Å². The summed E-state index contributed by atoms with van der Waals surface area (Å²) >= 11 is 6.47. The summed E-state index contributed by atoms with van der Waals surface area (Å²) in [5.74, 6) is 0. The third kappa shape index (κ3) is 2.23. The molecule has 1 unspecified atom stereocenters. The van der Waals surface area contributed by atoms with Gasteiger partial charge in [-0.25, -0.2) is 0 Å². The predicted octanol–water partition coefficient (Wildman–Crippen LogP) is 3.82. The molecule has 0 saturated heterocycles. The van der Waals surface area contributed by atoms with Crippen molar-refractivity contribution in [1.29, 1.82) is 0 Å². The van der Waals surface area contributed by atoms with E-state index >= 15 is 0 Å². The lowest BCUT2D eigenvalue weighted by atomic mass is 9.95. The van der Waals surface area contributed by atoms with Crippen molar-refractivity contribution in [2.24, 2.45) is 7.05 Å². The van der Waals surface area contributed by atoms with Gasteiger partial charge >= 0.3 is 0 Å². The molecule has 4 nitrogen and oxygen atoms in total. The number of halogens is 1. The summed E-state index contributed by atoms with van der Waals surface area (Å²) in [6.45, 7) is 4.18. The first-order valence-electron chi connectivity index (χ1n) is 7.33. The first-order valence-corrected chi connectivity index (χ1v) is 7.71. The Balaban J connectivity index is 2.28. The highest BCUT2D eigenvalue weighted by atomic mass is 35.5. The first-order chi connectivity index (χ1) is 10.4. The number of hydrogen-bond donors (Lipinski definition) is 1. The maximum absolute atomic E-state index is 6.47. The summed E-state index contributed by atoms with van der Waals surface area (Å²) in [5.41, 5.74) is 5.73. The molecular weight excluding hydrogens is 296 g/mol. The Morgan fingerprint density at radius 1 is 1.27 bits per heavy atom. The minimum absolute atomic E-state index is 0.113. The van der Waals surface area contributed by atoms with E-state index in [1.54, 1.807) is 0 Å². The molecule has 2 aromatic heterocycles. The molecule has 0 fully saturated rings. The van der Waals surface area contributed by atoms with Gasteiger partial charge in [-0.2, -0.15) is 5.10 Å². The zero-order valence-electron chi connectivity index (χ0n) is 13.6. The molecule has 0 amide bonds. The molecule has 116 valence electrons. The number of benzene rings is 1. The molecule has 22 heavy (non-hydrogen) atoms. The minimum atomic E-state index is 0.113. The van der Waals surface area contributed by atoms with Gasteiger partial charge in [0.2, 0.25) is 0 Å². The number of aryl methyl sites for hydroxylation is 2. The number of nitrogens with zero attached hydrogens (tertiary/aromatic N) is 3. The third-order valence-corrected chi connectivity index (χ3v) is 4.65. The van der Waals surface area contributed by atoms with E-state index in [-0.39, 0.29) is 6.04 Å². The van der Waals surface area contributed by atoms with E-state index in [2.05, 4.69) is 55.2 Å². The number of aromatic amines is 1. The van der Waals surface area contributed by atoms with Crippen molar-refractivity contribution in [3.63, 3.8) is 0 Å². The van der Waals surface area contributed by atoms with Crippen LogP contribution in [0.5, 0.6) is 0 Å². The highest BCUT2D eigenvalue weighted by Gasteiger charge is 2.26. The second kappa shape index (κ2) is 5.45. The Labute approximate surface area is 135 Å². The van der Waals surface area contributed by atoms with Crippen LogP contribution in [0.3, 0.4) is 0 Å². The van der Waals surface area contributed by atoms with Crippen molar-refractivity contribution in [3.8, 4) is 0 Å². The molecule has 0 aliphatic rings. The third-order valence-electron chi connectivity index (χ3n) is 4.33. The van der Waals surface area contributed by atoms with E-state index in [0.717, 1.165) is 21.6 Å². The van der Waals surface area contributed by atoms with Gasteiger partial charge in [-0.3, -0.25) is 9.58 Å². The average Bonchev–Trinajstić information content (AvgIpc) is 2.97. The molecule has 0 bridgehead atoms. The lowest BCUT2D eigenvalue weighted by molar-refractivity contribution is 0.342. The van der Waals surface area contributed by atoms with E-state index in [1.165, 1.54) is 16.8 Å². The van der Waals surface area contributed by atoms with Crippen LogP contribution in [-0.4, -0.2) is 33.8 Å². The lowest BCUT2D eigenvalue weighted by Gasteiger charge is -2.25. The number of rotatable bonds is 3. The van der Waals surface area contributed by atoms with Crippen LogP contribution in [0.1, 0.15) is 28.6 Å². The smallest absolute Gasteiger partial charge is 0.0655 e. The van der Waals surface area contributed by atoms with Crippen molar-refractivity contribution >= 4 is 22.5 Å². The van der Waals surface area contributed by atoms with Crippen molar-refractivity contribution < 1.29 is 0 Å². The molecule has 2 heterocycles. The molecule has 0 spiro atoms. The second-order valence-electron chi connectivity index (χ2n) is 5.98. The van der Waals surface area contributed by atoms with E-state index < -0.39 is 0 Å². The summed E-state index contributed by atoms with van der Waals surface area (Å²) in [7, 11) is 6.17. The topological polar surface area (TPSA) is 36.9 Å². The van der Waals surface area contributed by atoms with Crippen LogP contribution in [0.2, 0.25) is 5.02 Å². The molecule has 1 atom stereocenters. The number of hydrogen-bond acceptors (Lipinski definition) is 2. The SMILES string of the molecule is Cc1nn(C)c(C)c1C(c1c[nH]c2cccc(Cl)c12)N(C)C. The largest absolute Gasteiger partial charge is 0.361 e. The standard InChI is InChI=1S/C17H21ClN4/c1-10-15(11(2)22(5)20-10)17(21(3)4)12-9-19-14-8-6-7-13(18)16(12)14/h6-9,17,19H,1-5H3. The Morgan fingerprint density at radius 2 is 2.00 bits per heavy atom. The van der Waals surface area contributed by atoms with E-state index in [4.69, 9.17) is 11.6 Å². The second-order valence-corrected chi connectivity index (χ2v) is 6.39. The monoisotopic (exact) mass is 316 g/mol. The van der Waals surface area contributed by atoms with Crippen LogP contribution in [0.4, 0.5) is 0 Å². The molecule has 3 rings (SSSR count). The van der Waals surface area contributed by atoms with Gasteiger partial charge < -0.3 is 4.98 Å². The Morgan fingerprint density at radius 3 is 2.59 bits per heavy atom. The van der Waals surface area contributed by atoms with Crippen LogP contribution in [0, 0.1) is 13.8 Å². The molecule has 0 radical (unpaired) electrons.